The standard InChI is InChI=1S/C26H20Cl2N2O5S/c27-19-12-20(28)14-22(13-19)36(34,35)30(16-25(31)32)21-9-10-23-18(11-21)7-4-8-24(23)26(33)29-15-17-5-2-1-3-6-17/h1-14H,15-16H2,(H,29,33)(H,31,32). The zero-order valence-electron chi connectivity index (χ0n) is 18.7. The summed E-state index contributed by atoms with van der Waals surface area (Å²) < 4.78 is 27.5. The number of carbonyl (C=O) groups is 2. The monoisotopic (exact) mass is 542 g/mol. The summed E-state index contributed by atoms with van der Waals surface area (Å²) in [6.07, 6.45) is 0. The molecule has 0 fully saturated rings. The van der Waals surface area contributed by atoms with Crippen molar-refractivity contribution in [2.24, 2.45) is 0 Å². The number of carboxylic acids is 1. The van der Waals surface area contributed by atoms with Gasteiger partial charge in [-0.05, 0) is 52.7 Å². The van der Waals surface area contributed by atoms with Gasteiger partial charge in [-0.25, -0.2) is 8.42 Å². The van der Waals surface area contributed by atoms with Crippen molar-refractivity contribution in [3.8, 4) is 0 Å². The van der Waals surface area contributed by atoms with Crippen LogP contribution in [0.1, 0.15) is 15.9 Å². The molecule has 0 aliphatic carbocycles. The first kappa shape index (κ1) is 25.5. The Balaban J connectivity index is 1.70. The third kappa shape index (κ3) is 5.62. The Morgan fingerprint density at radius 3 is 2.22 bits per heavy atom. The predicted octanol–water partition coefficient (Wildman–Crippen LogP) is 5.36. The summed E-state index contributed by atoms with van der Waals surface area (Å²) >= 11 is 12.0. The largest absolute Gasteiger partial charge is 0.480 e. The third-order valence-electron chi connectivity index (χ3n) is 5.40. The Hall–Kier alpha value is -3.59. The number of aliphatic carboxylic acids is 1. The van der Waals surface area contributed by atoms with Gasteiger partial charge in [0, 0.05) is 22.2 Å². The van der Waals surface area contributed by atoms with Crippen LogP contribution >= 0.6 is 23.2 Å². The van der Waals surface area contributed by atoms with Gasteiger partial charge in [-0.2, -0.15) is 0 Å². The number of nitrogens with one attached hydrogen (secondary N) is 1. The van der Waals surface area contributed by atoms with Gasteiger partial charge in [0.1, 0.15) is 6.54 Å². The molecule has 0 radical (unpaired) electrons. The molecular formula is C26H20Cl2N2O5S. The summed E-state index contributed by atoms with van der Waals surface area (Å²) in [5.41, 5.74) is 1.47. The molecule has 0 saturated heterocycles. The van der Waals surface area contributed by atoms with Crippen LogP contribution in [0.5, 0.6) is 0 Å². The predicted molar refractivity (Wildman–Crippen MR) is 140 cm³/mol. The van der Waals surface area contributed by atoms with E-state index in [0.29, 0.717) is 22.9 Å². The Labute approximate surface area is 217 Å². The normalized spacial score (nSPS) is 11.3. The molecule has 0 heterocycles. The highest BCUT2D eigenvalue weighted by Crippen LogP contribution is 2.31. The molecular weight excluding hydrogens is 523 g/mol. The molecule has 0 spiro atoms. The summed E-state index contributed by atoms with van der Waals surface area (Å²) in [6.45, 7) is -0.476. The minimum absolute atomic E-state index is 0.0982. The van der Waals surface area contributed by atoms with E-state index in [0.717, 1.165) is 9.87 Å². The molecule has 36 heavy (non-hydrogen) atoms. The summed E-state index contributed by atoms with van der Waals surface area (Å²) in [6, 6.07) is 22.9. The second-order valence-corrected chi connectivity index (χ2v) is 10.6. The van der Waals surface area contributed by atoms with E-state index in [-0.39, 0.29) is 26.5 Å². The molecule has 0 aliphatic heterocycles. The molecule has 0 aliphatic rings. The lowest BCUT2D eigenvalue weighted by Gasteiger charge is -2.23. The van der Waals surface area contributed by atoms with Crippen molar-refractivity contribution < 1.29 is 23.1 Å². The summed E-state index contributed by atoms with van der Waals surface area (Å²) in [4.78, 5) is 24.2. The van der Waals surface area contributed by atoms with E-state index < -0.39 is 22.5 Å². The minimum atomic E-state index is -4.32. The Kier molecular flexibility index (Phi) is 7.49. The molecule has 0 atom stereocenters. The van der Waals surface area contributed by atoms with E-state index in [1.165, 1.54) is 30.3 Å². The maximum atomic E-state index is 13.4. The fraction of sp³-hybridized carbons (Fsp3) is 0.0769. The lowest BCUT2D eigenvalue weighted by molar-refractivity contribution is -0.135. The zero-order valence-corrected chi connectivity index (χ0v) is 21.0. The van der Waals surface area contributed by atoms with Gasteiger partial charge in [-0.3, -0.25) is 13.9 Å². The van der Waals surface area contributed by atoms with Crippen molar-refractivity contribution >= 4 is 61.6 Å². The smallest absolute Gasteiger partial charge is 0.324 e. The third-order valence-corrected chi connectivity index (χ3v) is 7.58. The van der Waals surface area contributed by atoms with Crippen LogP contribution in [-0.2, 0) is 21.4 Å². The highest BCUT2D eigenvalue weighted by atomic mass is 35.5. The first-order valence-electron chi connectivity index (χ1n) is 10.7. The van der Waals surface area contributed by atoms with Gasteiger partial charge in [-0.1, -0.05) is 71.7 Å². The van der Waals surface area contributed by atoms with Crippen LogP contribution < -0.4 is 9.62 Å². The van der Waals surface area contributed by atoms with E-state index >= 15 is 0 Å². The van der Waals surface area contributed by atoms with E-state index in [4.69, 9.17) is 23.2 Å². The van der Waals surface area contributed by atoms with Crippen molar-refractivity contribution in [1.29, 1.82) is 0 Å². The average Bonchev–Trinajstić information content (AvgIpc) is 2.85. The second kappa shape index (κ2) is 10.6. The number of hydrogen-bond donors (Lipinski definition) is 2. The van der Waals surface area contributed by atoms with E-state index in [1.54, 1.807) is 24.3 Å². The SMILES string of the molecule is O=C(O)CN(c1ccc2c(C(=O)NCc3ccccc3)cccc2c1)S(=O)(=O)c1cc(Cl)cc(Cl)c1. The molecule has 4 aromatic carbocycles. The Morgan fingerprint density at radius 1 is 0.861 bits per heavy atom. The molecule has 4 aromatic rings. The number of nitrogens with zero attached hydrogens (tertiary/aromatic N) is 1. The lowest BCUT2D eigenvalue weighted by Crippen LogP contribution is -2.35. The number of amides is 1. The molecule has 0 saturated carbocycles. The highest BCUT2D eigenvalue weighted by Gasteiger charge is 2.28. The molecule has 10 heteroatoms. The van der Waals surface area contributed by atoms with Crippen LogP contribution in [0.25, 0.3) is 10.8 Å². The van der Waals surface area contributed by atoms with Gasteiger partial charge in [-0.15, -0.1) is 0 Å². The minimum Gasteiger partial charge on any atom is -0.480 e. The van der Waals surface area contributed by atoms with Crippen molar-refractivity contribution in [1.82, 2.24) is 5.32 Å². The lowest BCUT2D eigenvalue weighted by atomic mass is 10.0. The van der Waals surface area contributed by atoms with Gasteiger partial charge in [0.05, 0.1) is 10.6 Å². The van der Waals surface area contributed by atoms with E-state index in [9.17, 15) is 23.1 Å². The fourth-order valence-corrected chi connectivity index (χ4v) is 5.87. The number of rotatable bonds is 8. The van der Waals surface area contributed by atoms with E-state index in [1.807, 2.05) is 30.3 Å². The number of benzene rings is 4. The Bertz CT molecular complexity index is 1540. The quantitative estimate of drug-likeness (QED) is 0.312. The first-order valence-corrected chi connectivity index (χ1v) is 12.9. The molecule has 184 valence electrons. The first-order chi connectivity index (χ1) is 17.1. The van der Waals surface area contributed by atoms with Gasteiger partial charge >= 0.3 is 5.97 Å². The van der Waals surface area contributed by atoms with Crippen LogP contribution in [0.4, 0.5) is 5.69 Å². The molecule has 0 aromatic heterocycles. The van der Waals surface area contributed by atoms with Gasteiger partial charge in [0.2, 0.25) is 0 Å². The molecule has 7 nitrogen and oxygen atoms in total. The van der Waals surface area contributed by atoms with Gasteiger partial charge in [0.15, 0.2) is 0 Å². The number of hydrogen-bond acceptors (Lipinski definition) is 4. The number of carboxylic acid groups (broad SMARTS) is 1. The van der Waals surface area contributed by atoms with Crippen molar-refractivity contribution in [2.75, 3.05) is 10.8 Å². The average molecular weight is 543 g/mol. The van der Waals surface area contributed by atoms with Crippen molar-refractivity contribution in [3.05, 3.63) is 106 Å². The number of halogens is 2. The molecule has 4 rings (SSSR count). The summed E-state index contributed by atoms with van der Waals surface area (Å²) in [5.74, 6) is -1.64. The van der Waals surface area contributed by atoms with Crippen LogP contribution in [0.15, 0.2) is 89.8 Å². The van der Waals surface area contributed by atoms with Crippen LogP contribution in [0, 0.1) is 0 Å². The highest BCUT2D eigenvalue weighted by molar-refractivity contribution is 7.92. The van der Waals surface area contributed by atoms with Crippen LogP contribution in [-0.4, -0.2) is 31.9 Å². The van der Waals surface area contributed by atoms with Crippen molar-refractivity contribution in [2.45, 2.75) is 11.4 Å². The molecule has 2 N–H and O–H groups in total. The number of anilines is 1. The molecule has 1 amide bonds. The number of fused-ring (bicyclic) bond motifs is 1. The zero-order chi connectivity index (χ0) is 25.9. The molecule has 0 bridgehead atoms. The van der Waals surface area contributed by atoms with Crippen molar-refractivity contribution in [3.63, 3.8) is 0 Å². The summed E-state index contributed by atoms with van der Waals surface area (Å²) in [5, 5.41) is 13.7. The topological polar surface area (TPSA) is 104 Å². The second-order valence-electron chi connectivity index (χ2n) is 7.89. The number of carbonyl (C=O) groups excluding carboxylic acids is 1. The van der Waals surface area contributed by atoms with E-state index in [2.05, 4.69) is 5.32 Å². The van der Waals surface area contributed by atoms with Crippen LogP contribution in [0.2, 0.25) is 10.0 Å². The fourth-order valence-electron chi connectivity index (χ4n) is 3.74. The number of sulfonamides is 1. The van der Waals surface area contributed by atoms with Gasteiger partial charge < -0.3 is 10.4 Å². The maximum absolute atomic E-state index is 13.4. The molecule has 0 unspecified atom stereocenters. The van der Waals surface area contributed by atoms with Crippen LogP contribution in [0.3, 0.4) is 0 Å². The maximum Gasteiger partial charge on any atom is 0.324 e. The Morgan fingerprint density at radius 2 is 1.56 bits per heavy atom. The summed E-state index contributed by atoms with van der Waals surface area (Å²) in [7, 11) is -4.32. The van der Waals surface area contributed by atoms with Gasteiger partial charge in [0.25, 0.3) is 15.9 Å².